The number of nitrogens with two attached hydrogens (primary N) is 3. The Kier molecular flexibility index (Phi) is 15.8. The third kappa shape index (κ3) is 13.7. The predicted octanol–water partition coefficient (Wildman–Crippen LogP) is -3.09. The molecule has 0 radical (unpaired) electrons. The Bertz CT molecular complexity index is 792. The second-order valence-corrected chi connectivity index (χ2v) is 8.94. The molecular weight excluding hydrogens is 498 g/mol. The van der Waals surface area contributed by atoms with E-state index in [-0.39, 0.29) is 31.8 Å². The molecule has 0 aliphatic carbocycles. The molecule has 0 fully saturated rings. The molecule has 3 amide bonds. The number of carboxylic acid groups (broad SMARTS) is 2. The van der Waals surface area contributed by atoms with Gasteiger partial charge in [0.25, 0.3) is 0 Å². The summed E-state index contributed by atoms with van der Waals surface area (Å²) in [5.74, 6) is -4.83. The van der Waals surface area contributed by atoms with Crippen LogP contribution in [0.4, 0.5) is 0 Å². The van der Waals surface area contributed by atoms with E-state index in [1.54, 1.807) is 6.26 Å². The van der Waals surface area contributed by atoms with E-state index in [9.17, 15) is 34.2 Å². The van der Waals surface area contributed by atoms with E-state index in [2.05, 4.69) is 20.9 Å². The fourth-order valence-electron chi connectivity index (χ4n) is 2.88. The molecule has 5 atom stereocenters. The van der Waals surface area contributed by atoms with Crippen LogP contribution in [0.3, 0.4) is 0 Å². The highest BCUT2D eigenvalue weighted by molar-refractivity contribution is 7.98. The number of carbonyl (C=O) groups excluding carboxylic acids is 3. The van der Waals surface area contributed by atoms with Crippen LogP contribution in [0.15, 0.2) is 4.99 Å². The summed E-state index contributed by atoms with van der Waals surface area (Å²) < 4.78 is 0. The molecule has 5 unspecified atom stereocenters. The molecule has 36 heavy (non-hydrogen) atoms. The van der Waals surface area contributed by atoms with Gasteiger partial charge in [-0.15, -0.1) is 0 Å². The Morgan fingerprint density at radius 1 is 0.917 bits per heavy atom. The van der Waals surface area contributed by atoms with E-state index < -0.39 is 66.4 Å². The normalized spacial score (nSPS) is 14.9. The van der Waals surface area contributed by atoms with Crippen molar-refractivity contribution in [3.8, 4) is 0 Å². The van der Waals surface area contributed by atoms with Crippen LogP contribution in [-0.2, 0) is 24.0 Å². The summed E-state index contributed by atoms with van der Waals surface area (Å²) in [7, 11) is 0. The number of thioether (sulfide) groups is 1. The number of carboxylic acids is 2. The highest BCUT2D eigenvalue weighted by atomic mass is 32.2. The maximum absolute atomic E-state index is 12.8. The standard InChI is InChI=1S/C20H37N7O8S/c1-10(28)15(18(33)26-13(19(34)35)7-9-36-2)27-17(32)12(5-6-14(29)30)25-16(31)11(21)4-3-8-24-20(22)23/h10-13,15,28H,3-9,21H2,1-2H3,(H,25,31)(H,26,33)(H,27,32)(H,29,30)(H,34,35)(H4,22,23,24). The van der Waals surface area contributed by atoms with Gasteiger partial charge in [-0.1, -0.05) is 0 Å². The minimum atomic E-state index is -1.56. The third-order valence-corrected chi connectivity index (χ3v) is 5.52. The number of hydrogen-bond acceptors (Lipinski definition) is 9. The summed E-state index contributed by atoms with van der Waals surface area (Å²) in [5.41, 5.74) is 16.3. The van der Waals surface area contributed by atoms with Gasteiger partial charge >= 0.3 is 11.9 Å². The highest BCUT2D eigenvalue weighted by Gasteiger charge is 2.32. The quantitative estimate of drug-likeness (QED) is 0.0479. The summed E-state index contributed by atoms with van der Waals surface area (Å²) >= 11 is 1.38. The largest absolute Gasteiger partial charge is 0.481 e. The maximum atomic E-state index is 12.8. The van der Waals surface area contributed by atoms with Crippen LogP contribution in [0.5, 0.6) is 0 Å². The van der Waals surface area contributed by atoms with E-state index in [0.29, 0.717) is 12.2 Å². The number of aliphatic hydroxyl groups excluding tert-OH is 1. The minimum absolute atomic E-state index is 0.112. The van der Waals surface area contributed by atoms with Crippen molar-refractivity contribution in [1.29, 1.82) is 0 Å². The molecular formula is C20H37N7O8S. The Labute approximate surface area is 213 Å². The fraction of sp³-hybridized carbons (Fsp3) is 0.700. The number of aliphatic hydroxyl groups is 1. The van der Waals surface area contributed by atoms with Crippen LogP contribution in [0.1, 0.15) is 39.0 Å². The number of aliphatic imine (C=N–C) groups is 1. The van der Waals surface area contributed by atoms with Gasteiger partial charge in [-0.25, -0.2) is 4.79 Å². The second-order valence-electron chi connectivity index (χ2n) is 7.96. The lowest BCUT2D eigenvalue weighted by molar-refractivity contribution is -0.143. The zero-order valence-corrected chi connectivity index (χ0v) is 21.1. The number of amides is 3. The average Bonchev–Trinajstić information content (AvgIpc) is 2.79. The molecule has 16 heteroatoms. The third-order valence-electron chi connectivity index (χ3n) is 4.87. The first-order valence-electron chi connectivity index (χ1n) is 11.1. The first-order chi connectivity index (χ1) is 16.8. The number of guanidine groups is 1. The van der Waals surface area contributed by atoms with Crippen molar-refractivity contribution in [3.63, 3.8) is 0 Å². The van der Waals surface area contributed by atoms with E-state index >= 15 is 0 Å². The zero-order chi connectivity index (χ0) is 27.8. The first kappa shape index (κ1) is 32.9. The van der Waals surface area contributed by atoms with Gasteiger partial charge in [0.15, 0.2) is 5.96 Å². The fourth-order valence-corrected chi connectivity index (χ4v) is 3.35. The van der Waals surface area contributed by atoms with Gasteiger partial charge in [-0.3, -0.25) is 24.2 Å². The molecule has 0 aromatic heterocycles. The van der Waals surface area contributed by atoms with Crippen LogP contribution in [0, 0.1) is 0 Å². The van der Waals surface area contributed by atoms with Gasteiger partial charge < -0.3 is 48.5 Å². The smallest absolute Gasteiger partial charge is 0.326 e. The van der Waals surface area contributed by atoms with Gasteiger partial charge in [0.1, 0.15) is 18.1 Å². The topological polar surface area (TPSA) is 273 Å². The van der Waals surface area contributed by atoms with E-state index in [4.69, 9.17) is 22.3 Å². The average molecular weight is 536 g/mol. The van der Waals surface area contributed by atoms with Crippen LogP contribution in [-0.4, -0.2) is 99.8 Å². The van der Waals surface area contributed by atoms with Crippen molar-refractivity contribution in [2.45, 2.75) is 69.3 Å². The van der Waals surface area contributed by atoms with Crippen molar-refractivity contribution in [1.82, 2.24) is 16.0 Å². The monoisotopic (exact) mass is 535 g/mol. The lowest BCUT2D eigenvalue weighted by Gasteiger charge is -2.26. The van der Waals surface area contributed by atoms with Gasteiger partial charge in [0.2, 0.25) is 17.7 Å². The first-order valence-corrected chi connectivity index (χ1v) is 12.5. The van der Waals surface area contributed by atoms with Crippen LogP contribution < -0.4 is 33.2 Å². The molecule has 0 aromatic rings. The molecule has 0 aliphatic rings. The summed E-state index contributed by atoms with van der Waals surface area (Å²) in [6.45, 7) is 1.44. The van der Waals surface area contributed by atoms with Gasteiger partial charge in [0, 0.05) is 13.0 Å². The van der Waals surface area contributed by atoms with Crippen molar-refractivity contribution in [3.05, 3.63) is 0 Å². The number of rotatable bonds is 18. The number of nitrogens with zero attached hydrogens (tertiary/aromatic N) is 1. The minimum Gasteiger partial charge on any atom is -0.481 e. The highest BCUT2D eigenvalue weighted by Crippen LogP contribution is 2.06. The predicted molar refractivity (Wildman–Crippen MR) is 133 cm³/mol. The zero-order valence-electron chi connectivity index (χ0n) is 20.3. The number of hydrogen-bond donors (Lipinski definition) is 9. The van der Waals surface area contributed by atoms with E-state index in [1.165, 1.54) is 18.7 Å². The van der Waals surface area contributed by atoms with E-state index in [1.807, 2.05) is 0 Å². The second kappa shape index (κ2) is 17.3. The summed E-state index contributed by atoms with van der Waals surface area (Å²) in [4.78, 5) is 64.1. The molecule has 0 saturated heterocycles. The van der Waals surface area contributed by atoms with Crippen molar-refractivity contribution in [2.24, 2.45) is 22.2 Å². The molecule has 0 aliphatic heterocycles. The van der Waals surface area contributed by atoms with Gasteiger partial charge in [-0.2, -0.15) is 11.8 Å². The lowest BCUT2D eigenvalue weighted by Crippen LogP contribution is -2.59. The Morgan fingerprint density at radius 2 is 1.53 bits per heavy atom. The molecule has 15 nitrogen and oxygen atoms in total. The molecule has 0 aromatic carbocycles. The SMILES string of the molecule is CSCCC(NC(=O)C(NC(=O)C(CCC(=O)O)NC(=O)C(N)CCCN=C(N)N)C(C)O)C(=O)O. The summed E-state index contributed by atoms with van der Waals surface area (Å²) in [6.07, 6.45) is 0.164. The molecule has 0 heterocycles. The molecule has 0 spiro atoms. The van der Waals surface area contributed by atoms with Crippen LogP contribution in [0.2, 0.25) is 0 Å². The summed E-state index contributed by atoms with van der Waals surface area (Å²) in [6, 6.07) is -5.25. The molecule has 12 N–H and O–H groups in total. The molecule has 0 bridgehead atoms. The van der Waals surface area contributed by atoms with Gasteiger partial charge in [-0.05, 0) is 44.6 Å². The number of carbonyl (C=O) groups is 5. The Morgan fingerprint density at radius 3 is 2.03 bits per heavy atom. The maximum Gasteiger partial charge on any atom is 0.326 e. The van der Waals surface area contributed by atoms with Crippen LogP contribution >= 0.6 is 11.8 Å². The van der Waals surface area contributed by atoms with Gasteiger partial charge in [0.05, 0.1) is 12.1 Å². The molecule has 0 saturated carbocycles. The Hall–Kier alpha value is -3.11. The van der Waals surface area contributed by atoms with Crippen molar-refractivity contribution >= 4 is 47.4 Å². The lowest BCUT2D eigenvalue weighted by atomic mass is 10.1. The summed E-state index contributed by atoms with van der Waals surface area (Å²) in [5, 5.41) is 35.2. The molecule has 206 valence electrons. The molecule has 0 rings (SSSR count). The number of nitrogens with one attached hydrogen (secondary N) is 3. The Balaban J connectivity index is 5.37. The van der Waals surface area contributed by atoms with Crippen molar-refractivity contribution < 1.29 is 39.3 Å². The van der Waals surface area contributed by atoms with Crippen molar-refractivity contribution in [2.75, 3.05) is 18.6 Å². The number of aliphatic carboxylic acids is 2. The van der Waals surface area contributed by atoms with Crippen LogP contribution in [0.25, 0.3) is 0 Å². The van der Waals surface area contributed by atoms with E-state index in [0.717, 1.165) is 0 Å².